The summed E-state index contributed by atoms with van der Waals surface area (Å²) in [5, 5.41) is 1.31. The highest BCUT2D eigenvalue weighted by atomic mass is 35.5. The van der Waals surface area contributed by atoms with Crippen LogP contribution in [0.2, 0.25) is 10.0 Å². The molecule has 2 nitrogen and oxygen atoms in total. The van der Waals surface area contributed by atoms with Crippen molar-refractivity contribution in [3.05, 3.63) is 52.2 Å². The minimum Gasteiger partial charge on any atom is -0.451 e. The Labute approximate surface area is 91.5 Å². The van der Waals surface area contributed by atoms with Crippen LogP contribution in [0, 0.1) is 0 Å². The molecule has 14 heavy (non-hydrogen) atoms. The number of hydrogen-bond acceptors (Lipinski definition) is 2. The highest BCUT2D eigenvalue weighted by Gasteiger charge is 2.07. The highest BCUT2D eigenvalue weighted by Crippen LogP contribution is 2.26. The molecule has 0 unspecified atom stereocenters. The van der Waals surface area contributed by atoms with Gasteiger partial charge in [-0.1, -0.05) is 29.3 Å². The van der Waals surface area contributed by atoms with Crippen LogP contribution < -0.4 is 0 Å². The topological polar surface area (TPSA) is 26.0 Å². The Kier molecular flexibility index (Phi) is 2.75. The van der Waals surface area contributed by atoms with Gasteiger partial charge in [-0.2, -0.15) is 0 Å². The van der Waals surface area contributed by atoms with E-state index in [1.165, 1.54) is 6.39 Å². The van der Waals surface area contributed by atoms with Crippen molar-refractivity contribution < 1.29 is 4.42 Å². The Morgan fingerprint density at radius 3 is 2.50 bits per heavy atom. The Bertz CT molecular complexity index is 405. The lowest BCUT2D eigenvalue weighted by molar-refractivity contribution is 0.556. The van der Waals surface area contributed by atoms with Crippen molar-refractivity contribution in [2.24, 2.45) is 0 Å². The Morgan fingerprint density at radius 1 is 1.21 bits per heavy atom. The molecule has 1 heterocycles. The van der Waals surface area contributed by atoms with Gasteiger partial charge in [0.25, 0.3) is 0 Å². The zero-order valence-electron chi connectivity index (χ0n) is 7.21. The van der Waals surface area contributed by atoms with E-state index in [1.807, 2.05) is 18.2 Å². The van der Waals surface area contributed by atoms with Gasteiger partial charge in [0.05, 0.1) is 5.69 Å². The van der Waals surface area contributed by atoms with Gasteiger partial charge in [0.1, 0.15) is 6.26 Å². The van der Waals surface area contributed by atoms with Crippen molar-refractivity contribution in [1.29, 1.82) is 0 Å². The first-order valence-electron chi connectivity index (χ1n) is 4.07. The van der Waals surface area contributed by atoms with Crippen molar-refractivity contribution in [1.82, 2.24) is 4.98 Å². The quantitative estimate of drug-likeness (QED) is 0.785. The van der Waals surface area contributed by atoms with Gasteiger partial charge in [0.2, 0.25) is 0 Å². The highest BCUT2D eigenvalue weighted by molar-refractivity contribution is 6.36. The molecule has 0 amide bonds. The second-order valence-electron chi connectivity index (χ2n) is 2.86. The molecule has 0 spiro atoms. The Morgan fingerprint density at radius 2 is 1.93 bits per heavy atom. The summed E-state index contributed by atoms with van der Waals surface area (Å²) in [5.74, 6) is 0. The van der Waals surface area contributed by atoms with Gasteiger partial charge in [0.15, 0.2) is 6.39 Å². The number of rotatable bonds is 2. The average molecular weight is 228 g/mol. The van der Waals surface area contributed by atoms with Crippen molar-refractivity contribution in [2.75, 3.05) is 0 Å². The van der Waals surface area contributed by atoms with E-state index in [-0.39, 0.29) is 0 Å². The number of oxazole rings is 1. The molecule has 0 fully saturated rings. The molecule has 0 saturated heterocycles. The van der Waals surface area contributed by atoms with Crippen molar-refractivity contribution >= 4 is 23.2 Å². The largest absolute Gasteiger partial charge is 0.451 e. The Balaban J connectivity index is 2.33. The number of aromatic nitrogens is 1. The third kappa shape index (κ3) is 1.91. The molecule has 72 valence electrons. The molecule has 0 radical (unpaired) electrons. The molecule has 2 rings (SSSR count). The third-order valence-corrected chi connectivity index (χ3v) is 2.61. The lowest BCUT2D eigenvalue weighted by Gasteiger charge is -2.03. The lowest BCUT2D eigenvalue weighted by atomic mass is 10.1. The van der Waals surface area contributed by atoms with Crippen molar-refractivity contribution in [3.63, 3.8) is 0 Å². The number of halogens is 2. The van der Waals surface area contributed by atoms with Gasteiger partial charge in [0, 0.05) is 16.5 Å². The third-order valence-electron chi connectivity index (χ3n) is 1.90. The molecule has 0 bridgehead atoms. The predicted octanol–water partition coefficient (Wildman–Crippen LogP) is 3.57. The normalized spacial score (nSPS) is 10.4. The zero-order chi connectivity index (χ0) is 9.97. The SMILES string of the molecule is Clc1cccc(Cl)c1Cc1cocn1. The Hall–Kier alpha value is -0.990. The van der Waals surface area contributed by atoms with E-state index in [4.69, 9.17) is 27.6 Å². The first-order valence-corrected chi connectivity index (χ1v) is 4.83. The molecule has 0 atom stereocenters. The molecule has 2 aromatic rings. The van der Waals surface area contributed by atoms with Crippen LogP contribution in [0.3, 0.4) is 0 Å². The molecule has 0 N–H and O–H groups in total. The summed E-state index contributed by atoms with van der Waals surface area (Å²) in [7, 11) is 0. The van der Waals surface area contributed by atoms with Gasteiger partial charge >= 0.3 is 0 Å². The molecule has 0 saturated carbocycles. The maximum atomic E-state index is 6.00. The van der Waals surface area contributed by atoms with Gasteiger partial charge < -0.3 is 4.42 Å². The van der Waals surface area contributed by atoms with Crippen LogP contribution in [0.1, 0.15) is 11.3 Å². The second kappa shape index (κ2) is 4.03. The summed E-state index contributed by atoms with van der Waals surface area (Å²) in [6.45, 7) is 0. The standard InChI is InChI=1S/C10H7Cl2NO/c11-9-2-1-3-10(12)8(9)4-7-5-14-6-13-7/h1-3,5-6H,4H2. The van der Waals surface area contributed by atoms with Crippen LogP contribution in [0.25, 0.3) is 0 Å². The van der Waals surface area contributed by atoms with Crippen LogP contribution in [0.15, 0.2) is 35.3 Å². The molecular weight excluding hydrogens is 221 g/mol. The summed E-state index contributed by atoms with van der Waals surface area (Å²) in [5.41, 5.74) is 1.70. The minimum atomic E-state index is 0.592. The average Bonchev–Trinajstić information content (AvgIpc) is 2.64. The smallest absolute Gasteiger partial charge is 0.180 e. The lowest BCUT2D eigenvalue weighted by Crippen LogP contribution is -1.90. The van der Waals surface area contributed by atoms with Crippen LogP contribution in [0.4, 0.5) is 0 Å². The molecule has 1 aromatic heterocycles. The van der Waals surface area contributed by atoms with Gasteiger partial charge in [-0.15, -0.1) is 0 Å². The monoisotopic (exact) mass is 227 g/mol. The fourth-order valence-electron chi connectivity index (χ4n) is 1.21. The predicted molar refractivity (Wildman–Crippen MR) is 55.8 cm³/mol. The van der Waals surface area contributed by atoms with Gasteiger partial charge in [-0.25, -0.2) is 4.98 Å². The van der Waals surface area contributed by atoms with Crippen LogP contribution in [0.5, 0.6) is 0 Å². The minimum absolute atomic E-state index is 0.592. The van der Waals surface area contributed by atoms with E-state index < -0.39 is 0 Å². The van der Waals surface area contributed by atoms with E-state index in [0.717, 1.165) is 11.3 Å². The van der Waals surface area contributed by atoms with Crippen molar-refractivity contribution in [3.8, 4) is 0 Å². The van der Waals surface area contributed by atoms with E-state index in [2.05, 4.69) is 4.98 Å². The van der Waals surface area contributed by atoms with Crippen molar-refractivity contribution in [2.45, 2.75) is 6.42 Å². The fraction of sp³-hybridized carbons (Fsp3) is 0.100. The number of hydrogen-bond donors (Lipinski definition) is 0. The number of nitrogens with zero attached hydrogens (tertiary/aromatic N) is 1. The molecule has 0 aliphatic rings. The van der Waals surface area contributed by atoms with Crippen LogP contribution in [-0.2, 0) is 6.42 Å². The summed E-state index contributed by atoms with van der Waals surface area (Å²) in [6, 6.07) is 5.43. The molecule has 1 aromatic carbocycles. The first kappa shape index (κ1) is 9.56. The van der Waals surface area contributed by atoms with Crippen LogP contribution in [-0.4, -0.2) is 4.98 Å². The maximum Gasteiger partial charge on any atom is 0.180 e. The molecular formula is C10H7Cl2NO. The summed E-state index contributed by atoms with van der Waals surface area (Å²) in [4.78, 5) is 4.01. The van der Waals surface area contributed by atoms with E-state index >= 15 is 0 Å². The second-order valence-corrected chi connectivity index (χ2v) is 3.67. The molecule has 0 aliphatic heterocycles. The summed E-state index contributed by atoms with van der Waals surface area (Å²) < 4.78 is 4.87. The van der Waals surface area contributed by atoms with Crippen LogP contribution >= 0.6 is 23.2 Å². The summed E-state index contributed by atoms with van der Waals surface area (Å²) >= 11 is 12.0. The zero-order valence-corrected chi connectivity index (χ0v) is 8.72. The van der Waals surface area contributed by atoms with E-state index in [1.54, 1.807) is 6.26 Å². The molecule has 4 heteroatoms. The molecule has 0 aliphatic carbocycles. The van der Waals surface area contributed by atoms with Gasteiger partial charge in [-0.05, 0) is 17.7 Å². The first-order chi connectivity index (χ1) is 6.77. The summed E-state index contributed by atoms with van der Waals surface area (Å²) in [6.07, 6.45) is 3.56. The van der Waals surface area contributed by atoms with Gasteiger partial charge in [-0.3, -0.25) is 0 Å². The fourth-order valence-corrected chi connectivity index (χ4v) is 1.74. The maximum absolute atomic E-state index is 6.00. The van der Waals surface area contributed by atoms with E-state index in [0.29, 0.717) is 16.5 Å². The van der Waals surface area contributed by atoms with E-state index in [9.17, 15) is 0 Å². The number of benzene rings is 1.